The Morgan fingerprint density at radius 2 is 1.85 bits per heavy atom. The number of ether oxygens (including phenoxy) is 1. The van der Waals surface area contributed by atoms with Crippen LogP contribution in [0.1, 0.15) is 54.3 Å². The number of imidazole rings is 1. The normalized spacial score (nSPS) is 12.4. The van der Waals surface area contributed by atoms with Crippen LogP contribution in [0.3, 0.4) is 0 Å². The number of methoxy groups -OCH3 is 1. The van der Waals surface area contributed by atoms with Crippen LogP contribution in [-0.4, -0.2) is 22.6 Å². The fourth-order valence-corrected chi connectivity index (χ4v) is 2.44. The number of carbonyl (C=O) groups is 1. The van der Waals surface area contributed by atoms with Crippen molar-refractivity contribution in [3.05, 3.63) is 53.6 Å². The van der Waals surface area contributed by atoms with E-state index in [0.717, 1.165) is 0 Å². The second-order valence-electron chi connectivity index (χ2n) is 5.14. The Balaban J connectivity index is 2.45. The second-order valence-corrected chi connectivity index (χ2v) is 5.14. The lowest BCUT2D eigenvalue weighted by Crippen LogP contribution is -2.15. The van der Waals surface area contributed by atoms with E-state index in [2.05, 4.69) is 37.9 Å². The third-order valence-electron chi connectivity index (χ3n) is 3.55. The van der Waals surface area contributed by atoms with Crippen LogP contribution in [-0.2, 0) is 4.74 Å². The van der Waals surface area contributed by atoms with Gasteiger partial charge in [-0.2, -0.15) is 0 Å². The average Bonchev–Trinajstić information content (AvgIpc) is 2.95. The van der Waals surface area contributed by atoms with Crippen molar-refractivity contribution in [2.24, 2.45) is 0 Å². The summed E-state index contributed by atoms with van der Waals surface area (Å²) in [5.74, 6) is 0.0649. The molecule has 4 nitrogen and oxygen atoms in total. The molecule has 0 N–H and O–H groups in total. The first-order chi connectivity index (χ1) is 9.56. The largest absolute Gasteiger partial charge is 0.464 e. The molecular weight excluding hydrogens is 252 g/mol. The predicted octanol–water partition coefficient (Wildman–Crippen LogP) is 3.40. The van der Waals surface area contributed by atoms with Crippen LogP contribution in [0.15, 0.2) is 36.8 Å². The van der Waals surface area contributed by atoms with Crippen LogP contribution in [0, 0.1) is 0 Å². The van der Waals surface area contributed by atoms with E-state index >= 15 is 0 Å². The molecular formula is C16H20N2O2. The average molecular weight is 272 g/mol. The second kappa shape index (κ2) is 5.90. The molecule has 0 saturated heterocycles. The van der Waals surface area contributed by atoms with Gasteiger partial charge in [0.25, 0.3) is 0 Å². The maximum absolute atomic E-state index is 11.8. The smallest absolute Gasteiger partial charge is 0.356 e. The van der Waals surface area contributed by atoms with Gasteiger partial charge in [-0.25, -0.2) is 9.78 Å². The van der Waals surface area contributed by atoms with Crippen LogP contribution in [0.5, 0.6) is 0 Å². The number of esters is 1. The van der Waals surface area contributed by atoms with E-state index in [1.165, 1.54) is 18.2 Å². The highest BCUT2D eigenvalue weighted by atomic mass is 16.5. The lowest BCUT2D eigenvalue weighted by molar-refractivity contribution is 0.0587. The van der Waals surface area contributed by atoms with Gasteiger partial charge < -0.3 is 9.30 Å². The first-order valence-electron chi connectivity index (χ1n) is 6.75. The summed E-state index contributed by atoms with van der Waals surface area (Å²) in [6, 6.07) is 8.32. The topological polar surface area (TPSA) is 44.1 Å². The molecule has 0 aliphatic carbocycles. The van der Waals surface area contributed by atoms with Crippen molar-refractivity contribution in [2.75, 3.05) is 7.11 Å². The summed E-state index contributed by atoms with van der Waals surface area (Å²) < 4.78 is 6.65. The molecule has 0 spiro atoms. The van der Waals surface area contributed by atoms with Crippen LogP contribution in [0.2, 0.25) is 0 Å². The number of carbonyl (C=O) groups excluding carboxylic acids is 1. The van der Waals surface area contributed by atoms with Gasteiger partial charge in [-0.15, -0.1) is 0 Å². The summed E-state index contributed by atoms with van der Waals surface area (Å²) in [4.78, 5) is 15.8. The van der Waals surface area contributed by atoms with Gasteiger partial charge in [-0.3, -0.25) is 0 Å². The molecule has 20 heavy (non-hydrogen) atoms. The third-order valence-corrected chi connectivity index (χ3v) is 3.55. The molecule has 0 fully saturated rings. The van der Waals surface area contributed by atoms with E-state index in [-0.39, 0.29) is 12.0 Å². The van der Waals surface area contributed by atoms with Gasteiger partial charge in [0.2, 0.25) is 0 Å². The zero-order valence-electron chi connectivity index (χ0n) is 12.3. The zero-order chi connectivity index (χ0) is 14.7. The molecule has 0 amide bonds. The zero-order valence-corrected chi connectivity index (χ0v) is 12.3. The molecule has 1 aromatic carbocycles. The number of aromatic nitrogens is 2. The van der Waals surface area contributed by atoms with Crippen molar-refractivity contribution in [3.63, 3.8) is 0 Å². The molecule has 0 aliphatic heterocycles. The van der Waals surface area contributed by atoms with Crippen LogP contribution in [0.4, 0.5) is 0 Å². The molecule has 4 heteroatoms. The van der Waals surface area contributed by atoms with Gasteiger partial charge in [0.05, 0.1) is 25.7 Å². The summed E-state index contributed by atoms with van der Waals surface area (Å²) in [5.41, 5.74) is 2.95. The first kappa shape index (κ1) is 14.3. The summed E-state index contributed by atoms with van der Waals surface area (Å²) in [5, 5.41) is 0. The number of benzene rings is 1. The van der Waals surface area contributed by atoms with Crippen molar-refractivity contribution < 1.29 is 9.53 Å². The molecule has 2 aromatic rings. The van der Waals surface area contributed by atoms with Crippen molar-refractivity contribution in [1.29, 1.82) is 0 Å². The van der Waals surface area contributed by atoms with E-state index in [1.807, 2.05) is 16.7 Å². The predicted molar refractivity (Wildman–Crippen MR) is 77.9 cm³/mol. The fourth-order valence-electron chi connectivity index (χ4n) is 2.44. The van der Waals surface area contributed by atoms with Crippen molar-refractivity contribution in [1.82, 2.24) is 9.55 Å². The van der Waals surface area contributed by atoms with E-state index in [1.54, 1.807) is 12.5 Å². The van der Waals surface area contributed by atoms with Gasteiger partial charge in [-0.1, -0.05) is 38.1 Å². The maximum Gasteiger partial charge on any atom is 0.356 e. The Kier molecular flexibility index (Phi) is 4.23. The number of hydrogen-bond donors (Lipinski definition) is 0. The third kappa shape index (κ3) is 2.59. The number of nitrogens with zero attached hydrogens (tertiary/aromatic N) is 2. The summed E-state index contributed by atoms with van der Waals surface area (Å²) >= 11 is 0. The molecule has 0 saturated carbocycles. The Labute approximate surface area is 119 Å². The SMILES string of the molecule is COC(=O)c1cncn1[C@@H](C)c1ccccc1C(C)C. The fraction of sp³-hybridized carbons (Fsp3) is 0.375. The minimum absolute atomic E-state index is 0.0326. The van der Waals surface area contributed by atoms with Crippen LogP contribution in [0.25, 0.3) is 0 Å². The quantitative estimate of drug-likeness (QED) is 0.801. The first-order valence-corrected chi connectivity index (χ1v) is 6.75. The molecule has 2 rings (SSSR count). The Bertz CT molecular complexity index is 602. The van der Waals surface area contributed by atoms with E-state index in [4.69, 9.17) is 4.74 Å². The molecule has 1 atom stereocenters. The molecule has 0 aliphatic rings. The molecule has 0 radical (unpaired) electrons. The summed E-state index contributed by atoms with van der Waals surface area (Å²) in [6.45, 7) is 6.40. The highest BCUT2D eigenvalue weighted by Crippen LogP contribution is 2.28. The maximum atomic E-state index is 11.8. The standard InChI is InChI=1S/C16H20N2O2/c1-11(2)13-7-5-6-8-14(13)12(3)18-10-17-9-15(18)16(19)20-4/h5-12H,1-4H3/t12-/m0/s1. The van der Waals surface area contributed by atoms with Gasteiger partial charge in [-0.05, 0) is 24.0 Å². The Morgan fingerprint density at radius 1 is 1.20 bits per heavy atom. The number of hydrogen-bond acceptors (Lipinski definition) is 3. The van der Waals surface area contributed by atoms with E-state index < -0.39 is 0 Å². The van der Waals surface area contributed by atoms with Crippen LogP contribution >= 0.6 is 0 Å². The highest BCUT2D eigenvalue weighted by Gasteiger charge is 2.19. The molecule has 0 bridgehead atoms. The lowest BCUT2D eigenvalue weighted by Gasteiger charge is -2.21. The molecule has 1 heterocycles. The van der Waals surface area contributed by atoms with Gasteiger partial charge in [0.1, 0.15) is 5.69 Å². The highest BCUT2D eigenvalue weighted by molar-refractivity contribution is 5.87. The summed E-state index contributed by atoms with van der Waals surface area (Å²) in [6.07, 6.45) is 3.22. The minimum Gasteiger partial charge on any atom is -0.464 e. The van der Waals surface area contributed by atoms with E-state index in [9.17, 15) is 4.79 Å². The molecule has 0 unspecified atom stereocenters. The Hall–Kier alpha value is -2.10. The Morgan fingerprint density at radius 3 is 2.45 bits per heavy atom. The number of rotatable bonds is 4. The van der Waals surface area contributed by atoms with E-state index in [0.29, 0.717) is 11.6 Å². The minimum atomic E-state index is -0.364. The molecule has 1 aromatic heterocycles. The van der Waals surface area contributed by atoms with Crippen LogP contribution < -0.4 is 0 Å². The van der Waals surface area contributed by atoms with Crippen molar-refractivity contribution in [2.45, 2.75) is 32.7 Å². The van der Waals surface area contributed by atoms with Crippen molar-refractivity contribution >= 4 is 5.97 Å². The lowest BCUT2D eigenvalue weighted by atomic mass is 9.93. The summed E-state index contributed by atoms with van der Waals surface area (Å²) in [7, 11) is 1.38. The molecule has 106 valence electrons. The van der Waals surface area contributed by atoms with Gasteiger partial charge in [0, 0.05) is 0 Å². The van der Waals surface area contributed by atoms with Gasteiger partial charge in [0.15, 0.2) is 0 Å². The van der Waals surface area contributed by atoms with Gasteiger partial charge >= 0.3 is 5.97 Å². The monoisotopic (exact) mass is 272 g/mol. The van der Waals surface area contributed by atoms with Crippen molar-refractivity contribution in [3.8, 4) is 0 Å².